The van der Waals surface area contributed by atoms with Crippen LogP contribution in [-0.4, -0.2) is 19.6 Å². The van der Waals surface area contributed by atoms with Crippen molar-refractivity contribution in [1.29, 1.82) is 0 Å². The monoisotopic (exact) mass is 420 g/mol. The molecule has 0 spiro atoms. The average molecular weight is 420 g/mol. The van der Waals surface area contributed by atoms with Gasteiger partial charge in [-0.3, -0.25) is 9.59 Å². The second kappa shape index (κ2) is 9.35. The summed E-state index contributed by atoms with van der Waals surface area (Å²) in [5.41, 5.74) is 3.53. The van der Waals surface area contributed by atoms with Crippen LogP contribution in [0.15, 0.2) is 97.1 Å². The van der Waals surface area contributed by atoms with Gasteiger partial charge in [0, 0.05) is 22.3 Å². The molecule has 0 aliphatic heterocycles. The molecule has 0 bridgehead atoms. The Morgan fingerprint density at radius 1 is 0.531 bits per heavy atom. The molecule has 0 aliphatic rings. The summed E-state index contributed by atoms with van der Waals surface area (Å²) in [6.07, 6.45) is 0. The Hall–Kier alpha value is -4.12. The summed E-state index contributed by atoms with van der Waals surface area (Å²) < 4.78 is 11.0. The van der Waals surface area contributed by atoms with Gasteiger partial charge < -0.3 is 9.39 Å². The highest BCUT2D eigenvalue weighted by molar-refractivity contribution is 6.09. The van der Waals surface area contributed by atoms with E-state index in [-0.39, 0.29) is 11.6 Å². The lowest BCUT2D eigenvalue weighted by Crippen LogP contribution is -2.01. The number of hydrogen-bond acceptors (Lipinski definition) is 4. The molecule has 0 amide bonds. The van der Waals surface area contributed by atoms with Gasteiger partial charge in [0.2, 0.25) is 0 Å². The number of ketones is 2. The van der Waals surface area contributed by atoms with Crippen LogP contribution in [0.3, 0.4) is 0 Å². The third kappa shape index (κ3) is 4.78. The highest BCUT2D eigenvalue weighted by atomic mass is 16.5. The summed E-state index contributed by atoms with van der Waals surface area (Å²) in [4.78, 5) is 25.2. The van der Waals surface area contributed by atoms with Crippen LogP contribution in [0, 0.1) is 6.92 Å². The van der Waals surface area contributed by atoms with Crippen molar-refractivity contribution < 1.29 is 19.0 Å². The summed E-state index contributed by atoms with van der Waals surface area (Å²) in [5.74, 6) is 1.82. The summed E-state index contributed by atoms with van der Waals surface area (Å²) in [5, 5.41) is 0. The Labute approximate surface area is 187 Å². The Kier molecular flexibility index (Phi) is 6.18. The normalized spacial score (nSPS) is 10.4. The quantitative estimate of drug-likeness (QED) is 0.306. The van der Waals surface area contributed by atoms with Gasteiger partial charge in [-0.1, -0.05) is 29.8 Å². The number of carbonyl (C=O) groups excluding carboxylic acids is 2. The maximum atomic E-state index is 12.6. The topological polar surface area (TPSA) is 52.6 Å². The average Bonchev–Trinajstić information content (AvgIpc) is 2.85. The van der Waals surface area contributed by atoms with Crippen LogP contribution in [0.25, 0.3) is 0 Å². The molecular formula is C27H21BO4. The Morgan fingerprint density at radius 2 is 0.844 bits per heavy atom. The fraction of sp³-hybridized carbons (Fsp3) is 0.0370. The Bertz CT molecular complexity index is 1230. The lowest BCUT2D eigenvalue weighted by atomic mass is 10.0. The maximum Gasteiger partial charge on any atom is 0.322 e. The standard InChI is InChI=1S/C27H21BO4/c1-18-2-4-19(5-3-18)26(29)20-6-12-23(13-7-20)31-24-14-8-21(9-15-24)27(30)22-10-16-25(32-28)17-11-22/h2-17H,28H2,1H3. The fourth-order valence-electron chi connectivity index (χ4n) is 3.27. The Morgan fingerprint density at radius 3 is 1.19 bits per heavy atom. The zero-order chi connectivity index (χ0) is 22.5. The van der Waals surface area contributed by atoms with Crippen molar-refractivity contribution in [3.63, 3.8) is 0 Å². The largest absolute Gasteiger partial charge is 0.568 e. The summed E-state index contributed by atoms with van der Waals surface area (Å²) in [7, 11) is 1.59. The van der Waals surface area contributed by atoms with E-state index in [0.29, 0.717) is 39.5 Å². The summed E-state index contributed by atoms with van der Waals surface area (Å²) in [6, 6.07) is 28.5. The van der Waals surface area contributed by atoms with E-state index in [4.69, 9.17) is 9.39 Å². The van der Waals surface area contributed by atoms with Crippen LogP contribution in [0.1, 0.15) is 37.4 Å². The predicted molar refractivity (Wildman–Crippen MR) is 127 cm³/mol. The molecule has 4 rings (SSSR count). The highest BCUT2D eigenvalue weighted by Crippen LogP contribution is 2.24. The van der Waals surface area contributed by atoms with Crippen LogP contribution in [0.5, 0.6) is 17.2 Å². The number of ether oxygens (including phenoxy) is 1. The van der Waals surface area contributed by atoms with Gasteiger partial charge in [0.15, 0.2) is 11.6 Å². The number of hydrogen-bond donors (Lipinski definition) is 0. The van der Waals surface area contributed by atoms with Gasteiger partial charge in [-0.15, -0.1) is 0 Å². The molecule has 5 heteroatoms. The van der Waals surface area contributed by atoms with Gasteiger partial charge in [-0.25, -0.2) is 0 Å². The lowest BCUT2D eigenvalue weighted by molar-refractivity contribution is 0.103. The summed E-state index contributed by atoms with van der Waals surface area (Å²) >= 11 is 0. The van der Waals surface area contributed by atoms with E-state index in [2.05, 4.69) is 0 Å². The molecule has 0 aromatic heterocycles. The molecule has 0 atom stereocenters. The van der Waals surface area contributed by atoms with E-state index in [0.717, 1.165) is 5.56 Å². The van der Waals surface area contributed by atoms with Gasteiger partial charge in [-0.05, 0) is 79.7 Å². The Balaban J connectivity index is 1.42. The minimum atomic E-state index is -0.0711. The smallest absolute Gasteiger partial charge is 0.322 e. The second-order valence-corrected chi connectivity index (χ2v) is 7.40. The van der Waals surface area contributed by atoms with Crippen LogP contribution in [0.2, 0.25) is 0 Å². The first-order valence-corrected chi connectivity index (χ1v) is 10.2. The van der Waals surface area contributed by atoms with Crippen molar-refractivity contribution in [1.82, 2.24) is 0 Å². The highest BCUT2D eigenvalue weighted by Gasteiger charge is 2.11. The minimum Gasteiger partial charge on any atom is -0.568 e. The molecule has 0 unspecified atom stereocenters. The molecule has 0 heterocycles. The van der Waals surface area contributed by atoms with E-state index in [1.165, 1.54) is 0 Å². The first-order chi connectivity index (χ1) is 15.5. The zero-order valence-corrected chi connectivity index (χ0v) is 17.9. The molecule has 0 aliphatic carbocycles. The van der Waals surface area contributed by atoms with Crippen molar-refractivity contribution in [2.24, 2.45) is 0 Å². The van der Waals surface area contributed by atoms with Gasteiger partial charge in [0.05, 0.1) is 5.75 Å². The van der Waals surface area contributed by atoms with Crippen molar-refractivity contribution in [2.45, 2.75) is 6.92 Å². The fourth-order valence-corrected chi connectivity index (χ4v) is 3.27. The van der Waals surface area contributed by atoms with Gasteiger partial charge in [0.25, 0.3) is 0 Å². The molecule has 4 aromatic carbocycles. The molecule has 0 saturated heterocycles. The molecule has 4 nitrogen and oxygen atoms in total. The van der Waals surface area contributed by atoms with Crippen LogP contribution in [-0.2, 0) is 0 Å². The van der Waals surface area contributed by atoms with Crippen molar-refractivity contribution in [3.8, 4) is 17.2 Å². The predicted octanol–water partition coefficient (Wildman–Crippen LogP) is 5.18. The third-order valence-electron chi connectivity index (χ3n) is 5.13. The van der Waals surface area contributed by atoms with E-state index >= 15 is 0 Å². The maximum absolute atomic E-state index is 12.6. The van der Waals surface area contributed by atoms with E-state index in [1.807, 2.05) is 31.2 Å². The number of carbonyl (C=O) groups is 2. The lowest BCUT2D eigenvalue weighted by Gasteiger charge is -2.08. The van der Waals surface area contributed by atoms with Gasteiger partial charge >= 0.3 is 8.05 Å². The second-order valence-electron chi connectivity index (χ2n) is 7.40. The summed E-state index contributed by atoms with van der Waals surface area (Å²) in [6.45, 7) is 1.99. The van der Waals surface area contributed by atoms with Crippen LogP contribution >= 0.6 is 0 Å². The SMILES string of the molecule is BOc1ccc(C(=O)c2ccc(Oc3ccc(C(=O)c4ccc(C)cc4)cc3)cc2)cc1. The molecule has 32 heavy (non-hydrogen) atoms. The van der Waals surface area contributed by atoms with E-state index in [1.54, 1.807) is 80.8 Å². The molecular weight excluding hydrogens is 399 g/mol. The molecule has 156 valence electrons. The van der Waals surface area contributed by atoms with E-state index < -0.39 is 0 Å². The molecule has 0 fully saturated rings. The molecule has 0 saturated carbocycles. The van der Waals surface area contributed by atoms with Crippen molar-refractivity contribution in [2.75, 3.05) is 0 Å². The van der Waals surface area contributed by atoms with Crippen molar-refractivity contribution >= 4 is 19.6 Å². The third-order valence-corrected chi connectivity index (χ3v) is 5.13. The van der Waals surface area contributed by atoms with Gasteiger partial charge in [0.1, 0.15) is 11.5 Å². The first kappa shape index (κ1) is 21.1. The number of benzene rings is 4. The zero-order valence-electron chi connectivity index (χ0n) is 17.9. The molecule has 0 N–H and O–H groups in total. The van der Waals surface area contributed by atoms with Crippen LogP contribution in [0.4, 0.5) is 0 Å². The van der Waals surface area contributed by atoms with Gasteiger partial charge in [-0.2, -0.15) is 0 Å². The number of rotatable bonds is 7. The molecule has 0 radical (unpaired) electrons. The van der Waals surface area contributed by atoms with Crippen LogP contribution < -0.4 is 9.39 Å². The van der Waals surface area contributed by atoms with E-state index in [9.17, 15) is 9.59 Å². The first-order valence-electron chi connectivity index (χ1n) is 10.2. The molecule has 4 aromatic rings. The van der Waals surface area contributed by atoms with Crippen molar-refractivity contribution in [3.05, 3.63) is 125 Å². The minimum absolute atomic E-state index is 0.0297. The number of aryl methyl sites for hydroxylation is 1.